The molecule has 0 atom stereocenters. The highest BCUT2D eigenvalue weighted by Crippen LogP contribution is 2.42. The summed E-state index contributed by atoms with van der Waals surface area (Å²) >= 11 is 0. The van der Waals surface area contributed by atoms with Crippen molar-refractivity contribution in [1.29, 1.82) is 0 Å². The molecule has 40 heavy (non-hydrogen) atoms. The average Bonchev–Trinajstić information content (AvgIpc) is 2.87. The van der Waals surface area contributed by atoms with Crippen LogP contribution in [0.25, 0.3) is 0 Å². The number of halogens is 11. The van der Waals surface area contributed by atoms with Gasteiger partial charge in [-0.25, -0.2) is 26.3 Å². The Bertz CT molecular complexity index is 1390. The van der Waals surface area contributed by atoms with Gasteiger partial charge >= 0.3 is 12.2 Å². The van der Waals surface area contributed by atoms with Gasteiger partial charge in [-0.1, -0.05) is 25.8 Å². The van der Waals surface area contributed by atoms with E-state index in [-0.39, 0.29) is 29.8 Å². The molecular formula is C27H19F11O2. The van der Waals surface area contributed by atoms with Crippen LogP contribution in [0.2, 0.25) is 0 Å². The second kappa shape index (κ2) is 10.8. The fraction of sp³-hybridized carbons (Fsp3) is 0.333. The molecular weight excluding hydrogens is 565 g/mol. The van der Waals surface area contributed by atoms with Gasteiger partial charge in [0.25, 0.3) is 0 Å². The van der Waals surface area contributed by atoms with E-state index in [2.05, 4.69) is 9.47 Å². The van der Waals surface area contributed by atoms with Gasteiger partial charge in [0.1, 0.15) is 16.9 Å². The Morgan fingerprint density at radius 1 is 0.600 bits per heavy atom. The first-order valence-electron chi connectivity index (χ1n) is 11.9. The van der Waals surface area contributed by atoms with Crippen LogP contribution in [0.1, 0.15) is 55.2 Å². The van der Waals surface area contributed by atoms with Crippen LogP contribution in [0.5, 0.6) is 11.5 Å². The molecule has 1 saturated carbocycles. The summed E-state index contributed by atoms with van der Waals surface area (Å²) in [7, 11) is 0. The lowest BCUT2D eigenvalue weighted by Crippen LogP contribution is -2.27. The van der Waals surface area contributed by atoms with E-state index in [1.807, 2.05) is 6.92 Å². The number of alkyl halides is 4. The van der Waals surface area contributed by atoms with Crippen molar-refractivity contribution in [1.82, 2.24) is 0 Å². The summed E-state index contributed by atoms with van der Waals surface area (Å²) in [5.74, 6) is -17.2. The Morgan fingerprint density at radius 2 is 1.10 bits per heavy atom. The minimum atomic E-state index is -4.84. The molecule has 0 heterocycles. The predicted molar refractivity (Wildman–Crippen MR) is 118 cm³/mol. The monoisotopic (exact) mass is 584 g/mol. The number of benzene rings is 3. The lowest BCUT2D eigenvalue weighted by molar-refractivity contribution is -0.191. The van der Waals surface area contributed by atoms with E-state index in [4.69, 9.17) is 0 Å². The molecule has 0 radical (unpaired) electrons. The van der Waals surface area contributed by atoms with Gasteiger partial charge in [-0.05, 0) is 48.4 Å². The summed E-state index contributed by atoms with van der Waals surface area (Å²) in [5, 5.41) is 0. The molecule has 0 saturated heterocycles. The summed E-state index contributed by atoms with van der Waals surface area (Å²) in [4.78, 5) is 0. The highest BCUT2D eigenvalue weighted by Gasteiger charge is 2.43. The molecule has 0 unspecified atom stereocenters. The van der Waals surface area contributed by atoms with E-state index in [9.17, 15) is 48.3 Å². The number of ether oxygens (including phenoxy) is 2. The standard InChI is InChI=1S/C27H19F11O2/c1-12-2-4-13(5-3-12)15-6-7-16(22(31)21(15)30)27(37,38)40-20-9-8-17(23(32)25(20)34)26(35,36)39-14-10-18(28)24(33)19(29)11-14/h6-13H,2-5H2,1H3. The molecule has 4 rings (SSSR count). The first-order valence-corrected chi connectivity index (χ1v) is 11.9. The van der Waals surface area contributed by atoms with E-state index in [1.165, 1.54) is 0 Å². The Hall–Kier alpha value is -3.51. The van der Waals surface area contributed by atoms with Crippen LogP contribution >= 0.6 is 0 Å². The van der Waals surface area contributed by atoms with Gasteiger partial charge in [-0.3, -0.25) is 0 Å². The Labute approximate surface area is 220 Å². The van der Waals surface area contributed by atoms with Gasteiger partial charge in [0, 0.05) is 12.1 Å². The van der Waals surface area contributed by atoms with E-state index < -0.39 is 81.5 Å². The number of hydrogen-bond acceptors (Lipinski definition) is 2. The average molecular weight is 584 g/mol. The smallest absolute Gasteiger partial charge is 0.429 e. The SMILES string of the molecule is CC1CCC(c2ccc(C(F)(F)Oc3ccc(C(F)(F)Oc4cc(F)c(F)c(F)c4)c(F)c3F)c(F)c2F)CC1. The Kier molecular flexibility index (Phi) is 7.97. The zero-order valence-electron chi connectivity index (χ0n) is 20.4. The molecule has 3 aromatic rings. The summed E-state index contributed by atoms with van der Waals surface area (Å²) in [6, 6.07) is 1.70. The molecule has 13 heteroatoms. The first-order chi connectivity index (χ1) is 18.6. The van der Waals surface area contributed by atoms with Gasteiger partial charge in [0.05, 0.1) is 0 Å². The second-order valence-electron chi connectivity index (χ2n) is 9.46. The zero-order valence-corrected chi connectivity index (χ0v) is 20.4. The molecule has 1 aliphatic carbocycles. The maximum absolute atomic E-state index is 14.8. The molecule has 2 nitrogen and oxygen atoms in total. The van der Waals surface area contributed by atoms with Crippen molar-refractivity contribution < 1.29 is 57.8 Å². The van der Waals surface area contributed by atoms with E-state index in [0.29, 0.717) is 24.8 Å². The van der Waals surface area contributed by atoms with Crippen molar-refractivity contribution >= 4 is 0 Å². The molecule has 0 aliphatic heterocycles. The molecule has 0 amide bonds. The van der Waals surface area contributed by atoms with Crippen LogP contribution in [-0.2, 0) is 12.2 Å². The lowest BCUT2D eigenvalue weighted by Gasteiger charge is -2.27. The van der Waals surface area contributed by atoms with Crippen LogP contribution in [0, 0.1) is 46.6 Å². The van der Waals surface area contributed by atoms with Crippen molar-refractivity contribution in [3.05, 3.63) is 93.8 Å². The topological polar surface area (TPSA) is 18.5 Å². The highest BCUT2D eigenvalue weighted by molar-refractivity contribution is 5.36. The largest absolute Gasteiger partial charge is 0.429 e. The van der Waals surface area contributed by atoms with Crippen molar-refractivity contribution in [3.8, 4) is 11.5 Å². The third-order valence-corrected chi connectivity index (χ3v) is 6.68. The molecule has 1 aliphatic rings. The van der Waals surface area contributed by atoms with Crippen molar-refractivity contribution in [2.24, 2.45) is 5.92 Å². The third-order valence-electron chi connectivity index (χ3n) is 6.68. The fourth-order valence-corrected chi connectivity index (χ4v) is 4.50. The van der Waals surface area contributed by atoms with Crippen molar-refractivity contribution in [2.45, 2.75) is 50.7 Å². The van der Waals surface area contributed by atoms with Crippen molar-refractivity contribution in [2.75, 3.05) is 0 Å². The van der Waals surface area contributed by atoms with E-state index >= 15 is 0 Å². The van der Waals surface area contributed by atoms with Crippen LogP contribution in [0.15, 0.2) is 36.4 Å². The maximum atomic E-state index is 14.8. The van der Waals surface area contributed by atoms with Gasteiger partial charge in [0.2, 0.25) is 5.82 Å². The fourth-order valence-electron chi connectivity index (χ4n) is 4.50. The number of hydrogen-bond donors (Lipinski definition) is 0. The van der Waals surface area contributed by atoms with Crippen LogP contribution in [0.4, 0.5) is 48.3 Å². The molecule has 1 fully saturated rings. The van der Waals surface area contributed by atoms with Gasteiger partial charge in [-0.15, -0.1) is 0 Å². The summed E-state index contributed by atoms with van der Waals surface area (Å²) < 4.78 is 164. The lowest BCUT2D eigenvalue weighted by atomic mass is 9.79. The van der Waals surface area contributed by atoms with Gasteiger partial charge in [-0.2, -0.15) is 22.0 Å². The summed E-state index contributed by atoms with van der Waals surface area (Å²) in [5.41, 5.74) is -3.67. The van der Waals surface area contributed by atoms with Crippen LogP contribution in [-0.4, -0.2) is 0 Å². The number of rotatable bonds is 7. The predicted octanol–water partition coefficient (Wildman–Crippen LogP) is 9.21. The molecule has 216 valence electrons. The van der Waals surface area contributed by atoms with Gasteiger partial charge in [0.15, 0.2) is 40.7 Å². The molecule has 0 bridgehead atoms. The van der Waals surface area contributed by atoms with E-state index in [0.717, 1.165) is 18.9 Å². The Morgan fingerprint density at radius 3 is 1.68 bits per heavy atom. The van der Waals surface area contributed by atoms with Gasteiger partial charge < -0.3 is 9.47 Å². The summed E-state index contributed by atoms with van der Waals surface area (Å²) in [6.07, 6.45) is -7.13. The maximum Gasteiger partial charge on any atom is 0.429 e. The minimum Gasteiger partial charge on any atom is -0.429 e. The first kappa shape index (κ1) is 29.5. The van der Waals surface area contributed by atoms with Crippen LogP contribution < -0.4 is 9.47 Å². The molecule has 0 aromatic heterocycles. The molecule has 0 N–H and O–H groups in total. The molecule has 3 aromatic carbocycles. The minimum absolute atomic E-state index is 0.00631. The quantitative estimate of drug-likeness (QED) is 0.204. The zero-order chi connectivity index (χ0) is 29.6. The summed E-state index contributed by atoms with van der Waals surface area (Å²) in [6.45, 7) is 1.99. The normalized spacial score (nSPS) is 18.1. The van der Waals surface area contributed by atoms with Crippen LogP contribution in [0.3, 0.4) is 0 Å². The second-order valence-corrected chi connectivity index (χ2v) is 9.46. The highest BCUT2D eigenvalue weighted by atomic mass is 19.3. The van der Waals surface area contributed by atoms with Crippen molar-refractivity contribution in [3.63, 3.8) is 0 Å². The molecule has 0 spiro atoms. The third kappa shape index (κ3) is 5.68. The van der Waals surface area contributed by atoms with E-state index in [1.54, 1.807) is 0 Å². The Balaban J connectivity index is 1.58.